The van der Waals surface area contributed by atoms with Crippen LogP contribution in [-0.2, 0) is 6.42 Å². The van der Waals surface area contributed by atoms with E-state index in [4.69, 9.17) is 10.4 Å². The Kier molecular flexibility index (Phi) is 9.21. The third kappa shape index (κ3) is 6.95. The van der Waals surface area contributed by atoms with Crippen LogP contribution in [0, 0.1) is 11.5 Å². The summed E-state index contributed by atoms with van der Waals surface area (Å²) >= 11 is 0. The van der Waals surface area contributed by atoms with E-state index in [1.54, 1.807) is 0 Å². The Morgan fingerprint density at radius 1 is 0.818 bits per heavy atom. The predicted octanol–water partition coefficient (Wildman–Crippen LogP) is 5.71. The Labute approximate surface area is 134 Å². The van der Waals surface area contributed by atoms with Crippen molar-refractivity contribution in [2.24, 2.45) is 0 Å². The highest BCUT2D eigenvalue weighted by Gasteiger charge is 1.97. The number of hydrogen-bond acceptors (Lipinski definition) is 2. The van der Waals surface area contributed by atoms with Crippen LogP contribution in [0.5, 0.6) is 0 Å². The number of aryl methyl sites for hydroxylation is 1. The lowest BCUT2D eigenvalue weighted by atomic mass is 10.0. The van der Waals surface area contributed by atoms with Crippen molar-refractivity contribution in [2.75, 3.05) is 0 Å². The Morgan fingerprint density at radius 3 is 1.95 bits per heavy atom. The van der Waals surface area contributed by atoms with Crippen molar-refractivity contribution in [3.8, 4) is 17.4 Å². The molecule has 0 bridgehead atoms. The quantitative estimate of drug-likeness (QED) is 0.525. The number of aliphatic hydroxyl groups is 1. The topological polar surface area (TPSA) is 44.0 Å². The average molecular weight is 295 g/mol. The van der Waals surface area contributed by atoms with Gasteiger partial charge < -0.3 is 5.11 Å². The van der Waals surface area contributed by atoms with E-state index >= 15 is 0 Å². The van der Waals surface area contributed by atoms with E-state index in [1.165, 1.54) is 55.2 Å². The predicted molar refractivity (Wildman–Crippen MR) is 91.9 cm³/mol. The third-order valence-electron chi connectivity index (χ3n) is 3.63. The van der Waals surface area contributed by atoms with Crippen molar-refractivity contribution in [2.45, 2.75) is 45.4 Å². The first-order valence-corrected chi connectivity index (χ1v) is 7.99. The minimum atomic E-state index is 0.750. The SMILES string of the molecule is CCCCCCCc1ccc(-c2ccccc2)cc1.N#CO. The lowest BCUT2D eigenvalue weighted by Gasteiger charge is -2.05. The van der Waals surface area contributed by atoms with Crippen molar-refractivity contribution < 1.29 is 5.11 Å². The number of benzene rings is 2. The molecule has 0 aliphatic rings. The van der Waals surface area contributed by atoms with Crippen molar-refractivity contribution >= 4 is 0 Å². The van der Waals surface area contributed by atoms with Crippen LogP contribution in [-0.4, -0.2) is 5.11 Å². The van der Waals surface area contributed by atoms with Gasteiger partial charge in [0.15, 0.2) is 0 Å². The number of rotatable bonds is 7. The minimum absolute atomic E-state index is 0.750. The Balaban J connectivity index is 0.000000745. The van der Waals surface area contributed by atoms with Crippen LogP contribution < -0.4 is 0 Å². The van der Waals surface area contributed by atoms with Crippen molar-refractivity contribution in [1.29, 1.82) is 5.26 Å². The van der Waals surface area contributed by atoms with Gasteiger partial charge in [-0.05, 0) is 29.5 Å². The summed E-state index contributed by atoms with van der Waals surface area (Å²) in [7, 11) is 0. The molecule has 0 amide bonds. The first-order chi connectivity index (χ1) is 10.8. The Morgan fingerprint density at radius 2 is 1.36 bits per heavy atom. The van der Waals surface area contributed by atoms with Crippen LogP contribution in [0.1, 0.15) is 44.6 Å². The maximum atomic E-state index is 6.88. The van der Waals surface area contributed by atoms with Crippen molar-refractivity contribution in [3.63, 3.8) is 0 Å². The zero-order valence-corrected chi connectivity index (χ0v) is 13.3. The first kappa shape index (κ1) is 17.8. The van der Waals surface area contributed by atoms with E-state index in [-0.39, 0.29) is 0 Å². The molecular formula is C20H25NO. The lowest BCUT2D eigenvalue weighted by molar-refractivity contribution is 0.503. The smallest absolute Gasteiger partial charge is 0.283 e. The summed E-state index contributed by atoms with van der Waals surface area (Å²) in [6.07, 6.45) is 8.76. The van der Waals surface area contributed by atoms with Gasteiger partial charge in [0.2, 0.25) is 0 Å². The van der Waals surface area contributed by atoms with Crippen molar-refractivity contribution in [3.05, 3.63) is 60.2 Å². The van der Waals surface area contributed by atoms with Gasteiger partial charge >= 0.3 is 0 Å². The second-order valence-corrected chi connectivity index (χ2v) is 5.33. The molecule has 0 aliphatic heterocycles. The Bertz CT molecular complexity index is 540. The van der Waals surface area contributed by atoms with Gasteiger partial charge in [-0.2, -0.15) is 5.26 Å². The highest BCUT2D eigenvalue weighted by molar-refractivity contribution is 5.63. The molecule has 0 spiro atoms. The number of aliphatic hydroxyl groups excluding tert-OH is 1. The molecule has 0 saturated carbocycles. The molecule has 0 atom stereocenters. The zero-order chi connectivity index (χ0) is 16.0. The molecule has 0 aliphatic carbocycles. The number of unbranched alkanes of at least 4 members (excludes halogenated alkanes) is 4. The molecule has 0 radical (unpaired) electrons. The van der Waals surface area contributed by atoms with Crippen LogP contribution in [0.4, 0.5) is 0 Å². The summed E-state index contributed by atoms with van der Waals surface area (Å²) in [5.41, 5.74) is 4.09. The summed E-state index contributed by atoms with van der Waals surface area (Å²) in [4.78, 5) is 0. The maximum Gasteiger partial charge on any atom is 0.283 e. The van der Waals surface area contributed by atoms with Gasteiger partial charge in [0.05, 0.1) is 0 Å². The van der Waals surface area contributed by atoms with Gasteiger partial charge in [0, 0.05) is 0 Å². The molecular weight excluding hydrogens is 270 g/mol. The monoisotopic (exact) mass is 295 g/mol. The third-order valence-corrected chi connectivity index (χ3v) is 3.63. The van der Waals surface area contributed by atoms with Gasteiger partial charge in [-0.1, -0.05) is 87.2 Å². The summed E-state index contributed by atoms with van der Waals surface area (Å²) in [6, 6.07) is 19.6. The minimum Gasteiger partial charge on any atom is -0.443 e. The molecule has 22 heavy (non-hydrogen) atoms. The zero-order valence-electron chi connectivity index (χ0n) is 13.3. The van der Waals surface area contributed by atoms with Crippen LogP contribution >= 0.6 is 0 Å². The van der Waals surface area contributed by atoms with E-state index in [9.17, 15) is 0 Å². The van der Waals surface area contributed by atoms with Crippen LogP contribution in [0.2, 0.25) is 0 Å². The molecule has 2 nitrogen and oxygen atoms in total. The molecule has 2 rings (SSSR count). The van der Waals surface area contributed by atoms with E-state index in [1.807, 2.05) is 0 Å². The van der Waals surface area contributed by atoms with E-state index in [0.29, 0.717) is 0 Å². The molecule has 2 heteroatoms. The van der Waals surface area contributed by atoms with Crippen LogP contribution in [0.15, 0.2) is 54.6 Å². The van der Waals surface area contributed by atoms with Gasteiger partial charge in [-0.25, -0.2) is 0 Å². The number of hydrogen-bond donors (Lipinski definition) is 1. The fourth-order valence-electron chi connectivity index (χ4n) is 2.43. The summed E-state index contributed by atoms with van der Waals surface area (Å²) in [6.45, 7) is 2.27. The van der Waals surface area contributed by atoms with Crippen LogP contribution in [0.25, 0.3) is 11.1 Å². The average Bonchev–Trinajstić information content (AvgIpc) is 2.57. The molecule has 0 unspecified atom stereocenters. The second kappa shape index (κ2) is 11.4. The molecule has 0 aromatic heterocycles. The van der Waals surface area contributed by atoms with E-state index in [0.717, 1.165) is 6.26 Å². The molecule has 2 aromatic rings. The maximum absolute atomic E-state index is 6.88. The lowest BCUT2D eigenvalue weighted by Crippen LogP contribution is -1.86. The second-order valence-electron chi connectivity index (χ2n) is 5.33. The van der Waals surface area contributed by atoms with Gasteiger partial charge in [0.25, 0.3) is 6.26 Å². The highest BCUT2D eigenvalue weighted by Crippen LogP contribution is 2.20. The summed E-state index contributed by atoms with van der Waals surface area (Å²) < 4.78 is 0. The van der Waals surface area contributed by atoms with Gasteiger partial charge in [0.1, 0.15) is 0 Å². The van der Waals surface area contributed by atoms with Crippen molar-refractivity contribution in [1.82, 2.24) is 0 Å². The summed E-state index contributed by atoms with van der Waals surface area (Å²) in [5.74, 6) is 0. The molecule has 0 fully saturated rings. The normalized spacial score (nSPS) is 9.45. The summed E-state index contributed by atoms with van der Waals surface area (Å²) in [5, 5.41) is 13.8. The van der Waals surface area contributed by atoms with Gasteiger partial charge in [-0.3, -0.25) is 0 Å². The molecule has 1 N–H and O–H groups in total. The number of nitrogens with zero attached hydrogens (tertiary/aromatic N) is 1. The largest absolute Gasteiger partial charge is 0.443 e. The fourth-order valence-corrected chi connectivity index (χ4v) is 2.43. The van der Waals surface area contributed by atoms with E-state index in [2.05, 4.69) is 61.5 Å². The van der Waals surface area contributed by atoms with Gasteiger partial charge in [-0.15, -0.1) is 0 Å². The molecule has 0 saturated heterocycles. The molecule has 116 valence electrons. The number of nitriles is 1. The van der Waals surface area contributed by atoms with Crippen LogP contribution in [0.3, 0.4) is 0 Å². The fraction of sp³-hybridized carbons (Fsp3) is 0.350. The Hall–Kier alpha value is -2.27. The van der Waals surface area contributed by atoms with E-state index < -0.39 is 0 Å². The standard InChI is InChI=1S/C19H24.CHNO/c1-2-3-4-5-7-10-17-13-15-19(16-14-17)18-11-8-6-9-12-18;2-1-3/h6,8-9,11-16H,2-5,7,10H2,1H3;3H. The molecule has 2 aromatic carbocycles. The molecule has 0 heterocycles. The highest BCUT2D eigenvalue weighted by atomic mass is 16.2. The first-order valence-electron chi connectivity index (χ1n) is 7.99.